The highest BCUT2D eigenvalue weighted by molar-refractivity contribution is 5.84. The summed E-state index contributed by atoms with van der Waals surface area (Å²) < 4.78 is 13.2. The zero-order valence-corrected chi connectivity index (χ0v) is 26.0. The van der Waals surface area contributed by atoms with Crippen molar-refractivity contribution < 1.29 is 9.47 Å². The topological polar surface area (TPSA) is 42.8 Å². The number of hydrogen-bond donors (Lipinski definition) is 0. The van der Waals surface area contributed by atoms with Gasteiger partial charge < -0.3 is 18.9 Å². The van der Waals surface area contributed by atoms with Crippen LogP contribution >= 0.6 is 0 Å². The van der Waals surface area contributed by atoms with Crippen LogP contribution < -0.4 is 9.47 Å². The highest BCUT2D eigenvalue weighted by atomic mass is 16.5. The van der Waals surface area contributed by atoms with Crippen molar-refractivity contribution in [3.8, 4) is 22.9 Å². The molecule has 6 heteroatoms. The van der Waals surface area contributed by atoms with Crippen molar-refractivity contribution >= 4 is 11.0 Å². The van der Waals surface area contributed by atoms with E-state index in [2.05, 4.69) is 74.2 Å². The van der Waals surface area contributed by atoms with Crippen LogP contribution in [0.3, 0.4) is 0 Å². The minimum atomic E-state index is 0.610. The van der Waals surface area contributed by atoms with Gasteiger partial charge in [-0.05, 0) is 106 Å². The number of benzene rings is 2. The van der Waals surface area contributed by atoms with Gasteiger partial charge in [0, 0.05) is 37.3 Å². The molecule has 3 atom stereocenters. The highest BCUT2D eigenvalue weighted by Crippen LogP contribution is 2.37. The molecule has 6 nitrogen and oxygen atoms in total. The van der Waals surface area contributed by atoms with Crippen LogP contribution in [0.4, 0.5) is 0 Å². The summed E-state index contributed by atoms with van der Waals surface area (Å²) in [5.41, 5.74) is 6.05. The van der Waals surface area contributed by atoms with E-state index in [9.17, 15) is 0 Å². The van der Waals surface area contributed by atoms with Crippen molar-refractivity contribution in [1.29, 1.82) is 0 Å². The van der Waals surface area contributed by atoms with Crippen molar-refractivity contribution in [2.75, 3.05) is 33.9 Å². The molecule has 3 aromatic rings. The molecule has 40 heavy (non-hydrogen) atoms. The molecule has 3 unspecified atom stereocenters. The van der Waals surface area contributed by atoms with E-state index < -0.39 is 0 Å². The van der Waals surface area contributed by atoms with Crippen molar-refractivity contribution in [3.63, 3.8) is 0 Å². The summed E-state index contributed by atoms with van der Waals surface area (Å²) in [6.45, 7) is 15.4. The lowest BCUT2D eigenvalue weighted by molar-refractivity contribution is 0.0113. The smallest absolute Gasteiger partial charge is 0.161 e. The third-order valence-electron chi connectivity index (χ3n) is 9.60. The van der Waals surface area contributed by atoms with E-state index in [-0.39, 0.29) is 0 Å². The summed E-state index contributed by atoms with van der Waals surface area (Å²) in [6, 6.07) is 13.0. The molecule has 2 aliphatic heterocycles. The van der Waals surface area contributed by atoms with Crippen LogP contribution in [0.1, 0.15) is 76.8 Å². The molecule has 0 spiro atoms. The Morgan fingerprint density at radius 3 is 2.38 bits per heavy atom. The van der Waals surface area contributed by atoms with Gasteiger partial charge >= 0.3 is 0 Å². The SMILES string of the molecule is CCC1CC(N2CCC(c3cc(C)c4nc(-c5ccc(OC)c(OC)c5)n(C)c4c3)CC2)CC(C)N1CC(C)C. The van der Waals surface area contributed by atoms with Crippen molar-refractivity contribution in [1.82, 2.24) is 19.4 Å². The van der Waals surface area contributed by atoms with Crippen LogP contribution in [0.15, 0.2) is 30.3 Å². The number of ether oxygens (including phenoxy) is 2. The van der Waals surface area contributed by atoms with Crippen LogP contribution in [-0.2, 0) is 7.05 Å². The van der Waals surface area contributed by atoms with Gasteiger partial charge in [-0.1, -0.05) is 26.8 Å². The van der Waals surface area contributed by atoms with Crippen LogP contribution in [0.5, 0.6) is 11.5 Å². The van der Waals surface area contributed by atoms with E-state index in [1.54, 1.807) is 14.2 Å². The zero-order valence-electron chi connectivity index (χ0n) is 26.0. The van der Waals surface area contributed by atoms with Crippen molar-refractivity contribution in [2.24, 2.45) is 13.0 Å². The maximum absolute atomic E-state index is 5.56. The maximum atomic E-state index is 5.56. The summed E-state index contributed by atoms with van der Waals surface area (Å²) in [4.78, 5) is 10.7. The maximum Gasteiger partial charge on any atom is 0.161 e. The van der Waals surface area contributed by atoms with E-state index in [1.807, 2.05) is 12.1 Å². The number of aromatic nitrogens is 2. The van der Waals surface area contributed by atoms with Crippen molar-refractivity contribution in [3.05, 3.63) is 41.5 Å². The molecule has 0 saturated carbocycles. The second-order valence-corrected chi connectivity index (χ2v) is 12.7. The minimum absolute atomic E-state index is 0.610. The molecule has 5 rings (SSSR count). The lowest BCUT2D eigenvalue weighted by atomic mass is 9.84. The second kappa shape index (κ2) is 12.1. The van der Waals surface area contributed by atoms with Gasteiger partial charge in [0.1, 0.15) is 5.82 Å². The van der Waals surface area contributed by atoms with E-state index in [4.69, 9.17) is 14.5 Å². The highest BCUT2D eigenvalue weighted by Gasteiger charge is 2.36. The van der Waals surface area contributed by atoms with Gasteiger partial charge in [0.25, 0.3) is 0 Å². The Morgan fingerprint density at radius 1 is 1.00 bits per heavy atom. The number of hydrogen-bond acceptors (Lipinski definition) is 5. The van der Waals surface area contributed by atoms with Gasteiger partial charge in [-0.3, -0.25) is 4.90 Å². The molecule has 218 valence electrons. The first-order valence-electron chi connectivity index (χ1n) is 15.4. The van der Waals surface area contributed by atoms with Gasteiger partial charge in [0.2, 0.25) is 0 Å². The summed E-state index contributed by atoms with van der Waals surface area (Å²) >= 11 is 0. The first-order valence-corrected chi connectivity index (χ1v) is 15.4. The molecule has 2 aliphatic rings. The molecule has 1 aromatic heterocycles. The van der Waals surface area contributed by atoms with E-state index in [1.165, 1.54) is 68.4 Å². The molecular formula is C34H50N4O2. The normalized spacial score (nSPS) is 23.3. The number of methoxy groups -OCH3 is 2. The molecular weight excluding hydrogens is 496 g/mol. The lowest BCUT2D eigenvalue weighted by Gasteiger charge is -2.49. The third kappa shape index (κ3) is 5.62. The molecule has 3 heterocycles. The molecule has 0 bridgehead atoms. The Kier molecular flexibility index (Phi) is 8.77. The molecule has 0 N–H and O–H groups in total. The molecule has 0 amide bonds. The number of aryl methyl sites for hydroxylation is 2. The number of fused-ring (bicyclic) bond motifs is 1. The summed E-state index contributed by atoms with van der Waals surface area (Å²) in [5.74, 6) is 3.75. The van der Waals surface area contributed by atoms with E-state index in [0.29, 0.717) is 12.0 Å². The number of rotatable bonds is 8. The standard InChI is InChI=1S/C34H50N4O2/c1-9-28-20-29(17-24(5)38(28)21-22(2)3)37-14-12-25(13-15-37)27-16-23(4)33-30(18-27)36(6)34(35-33)26-10-11-31(39-7)32(19-26)40-8/h10-11,16,18-19,22,24-25,28-29H,9,12-15,17,20-21H2,1-8H3. The predicted octanol–water partition coefficient (Wildman–Crippen LogP) is 7.03. The zero-order chi connectivity index (χ0) is 28.6. The van der Waals surface area contributed by atoms with Crippen LogP contribution in [0.25, 0.3) is 22.4 Å². The van der Waals surface area contributed by atoms with Crippen LogP contribution in [-0.4, -0.2) is 71.3 Å². The lowest BCUT2D eigenvalue weighted by Crippen LogP contribution is -2.55. The molecule has 2 saturated heterocycles. The molecule has 0 aliphatic carbocycles. The summed E-state index contributed by atoms with van der Waals surface area (Å²) in [6.07, 6.45) is 6.38. The largest absolute Gasteiger partial charge is 0.493 e. The Morgan fingerprint density at radius 2 is 1.73 bits per heavy atom. The van der Waals surface area contributed by atoms with Gasteiger partial charge in [-0.25, -0.2) is 4.98 Å². The van der Waals surface area contributed by atoms with Crippen molar-refractivity contribution in [2.45, 2.75) is 90.8 Å². The number of piperidine rings is 2. The third-order valence-corrected chi connectivity index (χ3v) is 9.60. The Hall–Kier alpha value is -2.57. The first kappa shape index (κ1) is 28.9. The monoisotopic (exact) mass is 546 g/mol. The van der Waals surface area contributed by atoms with Crippen LogP contribution in [0, 0.1) is 12.8 Å². The predicted molar refractivity (Wildman–Crippen MR) is 166 cm³/mol. The second-order valence-electron chi connectivity index (χ2n) is 12.7. The fourth-order valence-electron chi connectivity index (χ4n) is 7.44. The summed E-state index contributed by atoms with van der Waals surface area (Å²) in [7, 11) is 5.47. The van der Waals surface area contributed by atoms with Gasteiger partial charge in [-0.2, -0.15) is 0 Å². The first-order chi connectivity index (χ1) is 19.2. The van der Waals surface area contributed by atoms with E-state index in [0.717, 1.165) is 46.4 Å². The van der Waals surface area contributed by atoms with Gasteiger partial charge in [0.05, 0.1) is 25.3 Å². The number of nitrogens with zero attached hydrogens (tertiary/aromatic N) is 4. The Balaban J connectivity index is 1.31. The van der Waals surface area contributed by atoms with E-state index >= 15 is 0 Å². The molecule has 2 fully saturated rings. The van der Waals surface area contributed by atoms with Gasteiger partial charge in [-0.15, -0.1) is 0 Å². The fraction of sp³-hybridized carbons (Fsp3) is 0.618. The number of imidazole rings is 1. The number of likely N-dealkylation sites (tertiary alicyclic amines) is 2. The van der Waals surface area contributed by atoms with Gasteiger partial charge in [0.15, 0.2) is 11.5 Å². The average Bonchev–Trinajstić information content (AvgIpc) is 3.30. The quantitative estimate of drug-likeness (QED) is 0.303. The average molecular weight is 547 g/mol. The Labute approximate surface area is 241 Å². The molecule has 0 radical (unpaired) electrons. The summed E-state index contributed by atoms with van der Waals surface area (Å²) in [5, 5.41) is 0. The molecule has 2 aromatic carbocycles. The fourth-order valence-corrected chi connectivity index (χ4v) is 7.44. The van der Waals surface area contributed by atoms with Crippen LogP contribution in [0.2, 0.25) is 0 Å². The minimum Gasteiger partial charge on any atom is -0.493 e. The Bertz CT molecular complexity index is 1310.